The third-order valence-electron chi connectivity index (χ3n) is 5.06. The van der Waals surface area contributed by atoms with Crippen molar-refractivity contribution in [2.45, 2.75) is 45.4 Å². The molecule has 1 amide bonds. The number of rotatable bonds is 1. The molecule has 0 radical (unpaired) electrons. The molecule has 4 fully saturated rings. The Kier molecular flexibility index (Phi) is 1.79. The van der Waals surface area contributed by atoms with Gasteiger partial charge in [0.25, 0.3) is 0 Å². The van der Waals surface area contributed by atoms with Crippen LogP contribution < -0.4 is 5.32 Å². The first-order chi connectivity index (χ1) is 7.05. The Morgan fingerprint density at radius 1 is 1.20 bits per heavy atom. The maximum atomic E-state index is 12.1. The van der Waals surface area contributed by atoms with Crippen LogP contribution in [-0.4, -0.2) is 13.0 Å². The van der Waals surface area contributed by atoms with E-state index in [4.69, 9.17) is 0 Å². The maximum Gasteiger partial charge on any atom is 0.225 e. The largest absolute Gasteiger partial charge is 0.359 e. The highest BCUT2D eigenvalue weighted by Gasteiger charge is 2.58. The van der Waals surface area contributed by atoms with Gasteiger partial charge in [-0.05, 0) is 55.8 Å². The highest BCUT2D eigenvalue weighted by molar-refractivity contribution is 5.83. The molecule has 0 heterocycles. The summed E-state index contributed by atoms with van der Waals surface area (Å²) < 4.78 is 0. The van der Waals surface area contributed by atoms with E-state index >= 15 is 0 Å². The van der Waals surface area contributed by atoms with E-state index in [9.17, 15) is 4.79 Å². The Labute approximate surface area is 91.8 Å². The summed E-state index contributed by atoms with van der Waals surface area (Å²) in [6.45, 7) is 2.40. The first-order valence-corrected chi connectivity index (χ1v) is 6.27. The SMILES string of the molecule is CNC(=O)C12CC3CC(CC(C)(C3)C1)C2. The monoisotopic (exact) mass is 207 g/mol. The summed E-state index contributed by atoms with van der Waals surface area (Å²) in [6.07, 6.45) is 7.63. The molecule has 0 aromatic rings. The van der Waals surface area contributed by atoms with Gasteiger partial charge < -0.3 is 5.32 Å². The molecule has 4 bridgehead atoms. The molecular formula is C13H21NO. The van der Waals surface area contributed by atoms with E-state index in [1.54, 1.807) is 7.05 Å². The van der Waals surface area contributed by atoms with Crippen LogP contribution in [0.5, 0.6) is 0 Å². The lowest BCUT2D eigenvalue weighted by atomic mass is 9.44. The molecule has 2 nitrogen and oxygen atoms in total. The van der Waals surface area contributed by atoms with Crippen molar-refractivity contribution in [3.8, 4) is 0 Å². The van der Waals surface area contributed by atoms with Crippen molar-refractivity contribution in [3.05, 3.63) is 0 Å². The number of nitrogens with one attached hydrogen (secondary N) is 1. The first kappa shape index (κ1) is 9.68. The first-order valence-electron chi connectivity index (χ1n) is 6.27. The summed E-state index contributed by atoms with van der Waals surface area (Å²) in [7, 11) is 1.79. The van der Waals surface area contributed by atoms with Crippen LogP contribution in [0.3, 0.4) is 0 Å². The quantitative estimate of drug-likeness (QED) is 0.702. The van der Waals surface area contributed by atoms with Crippen molar-refractivity contribution in [3.63, 3.8) is 0 Å². The van der Waals surface area contributed by atoms with Gasteiger partial charge in [0.15, 0.2) is 0 Å². The molecule has 1 N–H and O–H groups in total. The maximum absolute atomic E-state index is 12.1. The van der Waals surface area contributed by atoms with Gasteiger partial charge >= 0.3 is 0 Å². The van der Waals surface area contributed by atoms with E-state index in [0.717, 1.165) is 18.3 Å². The lowest BCUT2D eigenvalue weighted by Gasteiger charge is -2.60. The number of carbonyl (C=O) groups excluding carboxylic acids is 1. The Bertz CT molecular complexity index is 296. The Morgan fingerprint density at radius 3 is 2.27 bits per heavy atom. The average molecular weight is 207 g/mol. The predicted molar refractivity (Wildman–Crippen MR) is 59.3 cm³/mol. The molecule has 15 heavy (non-hydrogen) atoms. The fraction of sp³-hybridized carbons (Fsp3) is 0.923. The van der Waals surface area contributed by atoms with Crippen LogP contribution in [0.2, 0.25) is 0 Å². The van der Waals surface area contributed by atoms with Gasteiger partial charge in [-0.2, -0.15) is 0 Å². The van der Waals surface area contributed by atoms with Crippen molar-refractivity contribution in [2.75, 3.05) is 7.05 Å². The fourth-order valence-electron chi connectivity index (χ4n) is 5.25. The molecule has 4 rings (SSSR count). The Morgan fingerprint density at radius 2 is 1.80 bits per heavy atom. The van der Waals surface area contributed by atoms with Gasteiger partial charge in [-0.25, -0.2) is 0 Å². The summed E-state index contributed by atoms with van der Waals surface area (Å²) in [6, 6.07) is 0. The summed E-state index contributed by atoms with van der Waals surface area (Å²) in [5.74, 6) is 2.00. The van der Waals surface area contributed by atoms with E-state index in [1.807, 2.05) is 0 Å². The van der Waals surface area contributed by atoms with Gasteiger partial charge in [0.05, 0.1) is 5.41 Å². The summed E-state index contributed by atoms with van der Waals surface area (Å²) in [5, 5.41) is 2.90. The minimum Gasteiger partial charge on any atom is -0.359 e. The molecule has 4 aliphatic rings. The highest BCUT2D eigenvalue weighted by Crippen LogP contribution is 2.65. The van der Waals surface area contributed by atoms with Crippen molar-refractivity contribution in [1.82, 2.24) is 5.32 Å². The molecule has 0 aliphatic heterocycles. The van der Waals surface area contributed by atoms with E-state index in [1.165, 1.54) is 32.1 Å². The van der Waals surface area contributed by atoms with E-state index in [0.29, 0.717) is 11.3 Å². The van der Waals surface area contributed by atoms with E-state index in [2.05, 4.69) is 12.2 Å². The van der Waals surface area contributed by atoms with Crippen molar-refractivity contribution in [1.29, 1.82) is 0 Å². The predicted octanol–water partition coefficient (Wildman–Crippen LogP) is 2.34. The fourth-order valence-corrected chi connectivity index (χ4v) is 5.25. The molecular weight excluding hydrogens is 186 g/mol. The minimum absolute atomic E-state index is 0.0214. The number of hydrogen-bond donors (Lipinski definition) is 1. The Balaban J connectivity index is 1.96. The van der Waals surface area contributed by atoms with Gasteiger partial charge in [0.2, 0.25) is 5.91 Å². The zero-order valence-corrected chi connectivity index (χ0v) is 9.81. The summed E-state index contributed by atoms with van der Waals surface area (Å²) >= 11 is 0. The second-order valence-corrected chi connectivity index (χ2v) is 6.63. The third kappa shape index (κ3) is 1.26. The molecule has 2 heteroatoms. The van der Waals surface area contributed by atoms with Gasteiger partial charge in [-0.3, -0.25) is 4.79 Å². The standard InChI is InChI=1S/C13H21NO/c1-12-4-9-3-10(5-12)7-13(6-9,8-12)11(15)14-2/h9-10H,3-8H2,1-2H3,(H,14,15). The molecule has 84 valence electrons. The van der Waals surface area contributed by atoms with Crippen molar-refractivity contribution >= 4 is 5.91 Å². The zero-order valence-electron chi connectivity index (χ0n) is 9.81. The van der Waals surface area contributed by atoms with Crippen molar-refractivity contribution < 1.29 is 4.79 Å². The molecule has 0 saturated heterocycles. The molecule has 2 atom stereocenters. The van der Waals surface area contributed by atoms with Crippen molar-refractivity contribution in [2.24, 2.45) is 22.7 Å². The number of hydrogen-bond acceptors (Lipinski definition) is 1. The second kappa shape index (κ2) is 2.78. The second-order valence-electron chi connectivity index (χ2n) is 6.63. The lowest BCUT2D eigenvalue weighted by molar-refractivity contribution is -0.154. The zero-order chi connectivity index (χ0) is 10.7. The van der Waals surface area contributed by atoms with Crippen LogP contribution in [0.15, 0.2) is 0 Å². The smallest absolute Gasteiger partial charge is 0.225 e. The number of amides is 1. The van der Waals surface area contributed by atoms with Crippen LogP contribution in [-0.2, 0) is 4.79 Å². The molecule has 0 aromatic heterocycles. The lowest BCUT2D eigenvalue weighted by Crippen LogP contribution is -2.56. The molecule has 4 aliphatic carbocycles. The van der Waals surface area contributed by atoms with Gasteiger partial charge in [-0.15, -0.1) is 0 Å². The average Bonchev–Trinajstić information content (AvgIpc) is 2.12. The van der Waals surface area contributed by atoms with Crippen LogP contribution in [0, 0.1) is 22.7 Å². The Hall–Kier alpha value is -0.530. The van der Waals surface area contributed by atoms with E-state index in [-0.39, 0.29) is 5.41 Å². The van der Waals surface area contributed by atoms with Crippen LogP contribution >= 0.6 is 0 Å². The van der Waals surface area contributed by atoms with Crippen LogP contribution in [0.4, 0.5) is 0 Å². The van der Waals surface area contributed by atoms with Gasteiger partial charge in [-0.1, -0.05) is 6.92 Å². The highest BCUT2D eigenvalue weighted by atomic mass is 16.2. The number of carbonyl (C=O) groups is 1. The molecule has 0 aromatic carbocycles. The van der Waals surface area contributed by atoms with Crippen LogP contribution in [0.25, 0.3) is 0 Å². The minimum atomic E-state index is 0.0214. The topological polar surface area (TPSA) is 29.1 Å². The summed E-state index contributed by atoms with van der Waals surface area (Å²) in [4.78, 5) is 12.1. The van der Waals surface area contributed by atoms with Crippen LogP contribution in [0.1, 0.15) is 45.4 Å². The normalized spacial score (nSPS) is 51.9. The molecule has 4 saturated carbocycles. The summed E-state index contributed by atoms with van der Waals surface area (Å²) in [5.41, 5.74) is 0.504. The molecule has 0 spiro atoms. The third-order valence-corrected chi connectivity index (χ3v) is 5.06. The molecule has 2 unspecified atom stereocenters. The van der Waals surface area contributed by atoms with Gasteiger partial charge in [0, 0.05) is 7.05 Å². The van der Waals surface area contributed by atoms with E-state index < -0.39 is 0 Å². The van der Waals surface area contributed by atoms with Gasteiger partial charge in [0.1, 0.15) is 0 Å².